The average Bonchev–Trinajstić information content (AvgIpc) is 3.05. The van der Waals surface area contributed by atoms with Gasteiger partial charge in [0, 0.05) is 42.4 Å². The monoisotopic (exact) mass is 371 g/mol. The van der Waals surface area contributed by atoms with Crippen molar-refractivity contribution in [2.75, 3.05) is 20.3 Å². The first-order valence-corrected chi connectivity index (χ1v) is 9.02. The van der Waals surface area contributed by atoms with Crippen LogP contribution in [-0.4, -0.2) is 35.9 Å². The zero-order valence-electron chi connectivity index (χ0n) is 14.7. The molecule has 3 aromatic rings. The third kappa shape index (κ3) is 4.84. The predicted octanol–water partition coefficient (Wildman–Crippen LogP) is 3.70. The van der Waals surface area contributed by atoms with E-state index < -0.39 is 0 Å². The van der Waals surface area contributed by atoms with Gasteiger partial charge in [-0.25, -0.2) is 0 Å². The number of amides is 1. The quantitative estimate of drug-likeness (QED) is 0.614. The molecule has 0 atom stereocenters. The Bertz CT molecular complexity index is 874. The highest BCUT2D eigenvalue weighted by molar-refractivity contribution is 6.30. The van der Waals surface area contributed by atoms with Crippen molar-refractivity contribution in [2.24, 2.45) is 0 Å². The van der Waals surface area contributed by atoms with E-state index in [0.29, 0.717) is 18.7 Å². The van der Waals surface area contributed by atoms with E-state index in [1.807, 2.05) is 35.1 Å². The zero-order chi connectivity index (χ0) is 18.4. The number of carbonyl (C=O) groups is 1. The number of benzene rings is 2. The summed E-state index contributed by atoms with van der Waals surface area (Å²) in [6.07, 6.45) is 3.95. The third-order valence-electron chi connectivity index (χ3n) is 4.17. The maximum atomic E-state index is 12.1. The van der Waals surface area contributed by atoms with E-state index in [0.717, 1.165) is 35.3 Å². The van der Waals surface area contributed by atoms with Crippen molar-refractivity contribution < 1.29 is 9.53 Å². The Kier molecular flexibility index (Phi) is 6.26. The molecule has 1 aromatic heterocycles. The Labute approximate surface area is 157 Å². The smallest absolute Gasteiger partial charge is 0.251 e. The first-order valence-electron chi connectivity index (χ1n) is 8.64. The lowest BCUT2D eigenvalue weighted by molar-refractivity contribution is 0.0937. The van der Waals surface area contributed by atoms with E-state index in [2.05, 4.69) is 22.5 Å². The van der Waals surface area contributed by atoms with Crippen LogP contribution in [0.3, 0.4) is 0 Å². The lowest BCUT2D eigenvalue weighted by Crippen LogP contribution is -2.26. The normalized spacial score (nSPS) is 11.0. The second-order valence-electron chi connectivity index (χ2n) is 6.14. The Morgan fingerprint density at radius 3 is 2.81 bits per heavy atom. The van der Waals surface area contributed by atoms with E-state index in [4.69, 9.17) is 16.3 Å². The van der Waals surface area contributed by atoms with Crippen molar-refractivity contribution in [1.29, 1.82) is 0 Å². The van der Waals surface area contributed by atoms with Gasteiger partial charge in [0.2, 0.25) is 0 Å². The second kappa shape index (κ2) is 8.83. The summed E-state index contributed by atoms with van der Waals surface area (Å²) in [6.45, 7) is 1.82. The number of hydrogen-bond donors (Lipinski definition) is 1. The highest BCUT2D eigenvalue weighted by Crippen LogP contribution is 2.16. The van der Waals surface area contributed by atoms with Crippen molar-refractivity contribution in [3.8, 4) is 0 Å². The molecule has 6 heteroatoms. The number of fused-ring (bicyclic) bond motifs is 1. The summed E-state index contributed by atoms with van der Waals surface area (Å²) in [5.74, 6) is -0.0977. The molecule has 3 rings (SSSR count). The molecule has 26 heavy (non-hydrogen) atoms. The van der Waals surface area contributed by atoms with Crippen LogP contribution >= 0.6 is 11.6 Å². The minimum atomic E-state index is -0.0977. The van der Waals surface area contributed by atoms with Gasteiger partial charge >= 0.3 is 0 Å². The van der Waals surface area contributed by atoms with Crippen molar-refractivity contribution in [3.63, 3.8) is 0 Å². The van der Waals surface area contributed by atoms with Crippen LogP contribution in [0.1, 0.15) is 22.3 Å². The third-order valence-corrected chi connectivity index (χ3v) is 4.42. The molecule has 0 bridgehead atoms. The van der Waals surface area contributed by atoms with E-state index >= 15 is 0 Å². The number of aromatic nitrogens is 2. The van der Waals surface area contributed by atoms with Crippen LogP contribution in [0.15, 0.2) is 48.7 Å². The fraction of sp³-hybridized carbons (Fsp3) is 0.300. The van der Waals surface area contributed by atoms with Gasteiger partial charge in [0.05, 0.1) is 12.1 Å². The number of halogens is 1. The number of nitrogens with zero attached hydrogens (tertiary/aromatic N) is 2. The summed E-state index contributed by atoms with van der Waals surface area (Å²) in [4.78, 5) is 12.1. The number of methoxy groups -OCH3 is 1. The summed E-state index contributed by atoms with van der Waals surface area (Å²) in [5.41, 5.74) is 2.79. The predicted molar refractivity (Wildman–Crippen MR) is 104 cm³/mol. The zero-order valence-corrected chi connectivity index (χ0v) is 15.5. The van der Waals surface area contributed by atoms with Crippen LogP contribution in [-0.2, 0) is 17.7 Å². The van der Waals surface area contributed by atoms with Crippen LogP contribution in [0.2, 0.25) is 5.02 Å². The summed E-state index contributed by atoms with van der Waals surface area (Å²) in [5, 5.41) is 9.13. The molecule has 2 aromatic carbocycles. The van der Waals surface area contributed by atoms with Crippen LogP contribution in [0.25, 0.3) is 10.9 Å². The highest BCUT2D eigenvalue weighted by atomic mass is 35.5. The fourth-order valence-corrected chi connectivity index (χ4v) is 2.92. The SMILES string of the molecule is COCCNC(=O)c1ccc2nn(CCCc3ccc(Cl)cc3)cc2c1. The van der Waals surface area contributed by atoms with Gasteiger partial charge in [-0.1, -0.05) is 23.7 Å². The van der Waals surface area contributed by atoms with Gasteiger partial charge < -0.3 is 10.1 Å². The molecular formula is C20H22ClN3O2. The molecule has 1 N–H and O–H groups in total. The minimum Gasteiger partial charge on any atom is -0.383 e. The van der Waals surface area contributed by atoms with Crippen LogP contribution < -0.4 is 5.32 Å². The topological polar surface area (TPSA) is 56.1 Å². The van der Waals surface area contributed by atoms with Gasteiger partial charge in [-0.15, -0.1) is 0 Å². The number of carbonyl (C=O) groups excluding carboxylic acids is 1. The maximum absolute atomic E-state index is 12.1. The lowest BCUT2D eigenvalue weighted by Gasteiger charge is -2.04. The molecule has 1 amide bonds. The number of rotatable bonds is 8. The van der Waals surface area contributed by atoms with E-state index in [9.17, 15) is 4.79 Å². The summed E-state index contributed by atoms with van der Waals surface area (Å²) in [6, 6.07) is 13.5. The molecule has 0 fully saturated rings. The second-order valence-corrected chi connectivity index (χ2v) is 6.58. The molecule has 0 unspecified atom stereocenters. The van der Waals surface area contributed by atoms with Gasteiger partial charge in [-0.05, 0) is 48.7 Å². The largest absolute Gasteiger partial charge is 0.383 e. The Hall–Kier alpha value is -2.37. The molecule has 0 aliphatic heterocycles. The van der Waals surface area contributed by atoms with Crippen molar-refractivity contribution >= 4 is 28.4 Å². The van der Waals surface area contributed by atoms with Gasteiger partial charge in [-0.3, -0.25) is 9.48 Å². The van der Waals surface area contributed by atoms with Gasteiger partial charge in [-0.2, -0.15) is 5.10 Å². The number of ether oxygens (including phenoxy) is 1. The molecule has 1 heterocycles. The van der Waals surface area contributed by atoms with E-state index in [1.165, 1.54) is 5.56 Å². The Balaban J connectivity index is 1.59. The fourth-order valence-electron chi connectivity index (χ4n) is 2.80. The van der Waals surface area contributed by atoms with Crippen LogP contribution in [0, 0.1) is 0 Å². The average molecular weight is 372 g/mol. The van der Waals surface area contributed by atoms with E-state index in [1.54, 1.807) is 13.2 Å². The molecular weight excluding hydrogens is 350 g/mol. The summed E-state index contributed by atoms with van der Waals surface area (Å²) >= 11 is 5.91. The molecule has 5 nitrogen and oxygen atoms in total. The Morgan fingerprint density at radius 2 is 2.04 bits per heavy atom. The first kappa shape index (κ1) is 18.4. The molecule has 0 saturated carbocycles. The van der Waals surface area contributed by atoms with Crippen molar-refractivity contribution in [2.45, 2.75) is 19.4 Å². The molecule has 0 spiro atoms. The Morgan fingerprint density at radius 1 is 1.23 bits per heavy atom. The highest BCUT2D eigenvalue weighted by Gasteiger charge is 2.08. The maximum Gasteiger partial charge on any atom is 0.251 e. The van der Waals surface area contributed by atoms with Gasteiger partial charge in [0.1, 0.15) is 0 Å². The summed E-state index contributed by atoms with van der Waals surface area (Å²) in [7, 11) is 1.61. The number of hydrogen-bond acceptors (Lipinski definition) is 3. The van der Waals surface area contributed by atoms with Crippen LogP contribution in [0.5, 0.6) is 0 Å². The molecule has 0 aliphatic rings. The number of nitrogens with one attached hydrogen (secondary N) is 1. The molecule has 0 saturated heterocycles. The van der Waals surface area contributed by atoms with Gasteiger partial charge in [0.15, 0.2) is 0 Å². The van der Waals surface area contributed by atoms with Crippen molar-refractivity contribution in [1.82, 2.24) is 15.1 Å². The van der Waals surface area contributed by atoms with Crippen molar-refractivity contribution in [3.05, 3.63) is 64.8 Å². The molecule has 0 aliphatic carbocycles. The van der Waals surface area contributed by atoms with Gasteiger partial charge in [0.25, 0.3) is 5.91 Å². The standard InChI is InChI=1S/C20H22ClN3O2/c1-26-12-10-22-20(25)16-6-9-19-17(13-16)14-24(23-19)11-2-3-15-4-7-18(21)8-5-15/h4-9,13-14H,2-3,10-12H2,1H3,(H,22,25). The number of aryl methyl sites for hydroxylation is 2. The van der Waals surface area contributed by atoms with Crippen LogP contribution in [0.4, 0.5) is 0 Å². The summed E-state index contributed by atoms with van der Waals surface area (Å²) < 4.78 is 6.88. The molecule has 136 valence electrons. The van der Waals surface area contributed by atoms with E-state index in [-0.39, 0.29) is 5.91 Å². The first-order chi connectivity index (χ1) is 12.7. The lowest BCUT2D eigenvalue weighted by atomic mass is 10.1. The molecule has 0 radical (unpaired) electrons. The minimum absolute atomic E-state index is 0.0977.